The first-order valence-electron chi connectivity index (χ1n) is 10.8. The number of amides is 2. The molecule has 1 fully saturated rings. The molecular weight excluding hydrogens is 398 g/mol. The van der Waals surface area contributed by atoms with E-state index in [0.717, 1.165) is 16.6 Å². The number of carbonyl (C=O) groups is 2. The number of ether oxygens (including phenoxy) is 1. The van der Waals surface area contributed by atoms with Gasteiger partial charge in [-0.2, -0.15) is 0 Å². The summed E-state index contributed by atoms with van der Waals surface area (Å²) in [6.45, 7) is 6.50. The van der Waals surface area contributed by atoms with E-state index in [4.69, 9.17) is 4.74 Å². The van der Waals surface area contributed by atoms with Crippen molar-refractivity contribution < 1.29 is 19.4 Å². The summed E-state index contributed by atoms with van der Waals surface area (Å²) in [6.07, 6.45) is 3.43. The Hall–Kier alpha value is -2.49. The lowest BCUT2D eigenvalue weighted by atomic mass is 10.0. The molecule has 4 N–H and O–H groups in total. The quantitative estimate of drug-likeness (QED) is 0.461. The zero-order valence-corrected chi connectivity index (χ0v) is 18.6. The first kappa shape index (κ1) is 23.2. The molecule has 0 aromatic carbocycles. The number of hydrogen-bond acceptors (Lipinski definition) is 6. The van der Waals surface area contributed by atoms with Crippen LogP contribution in [0.4, 0.5) is 0 Å². The zero-order chi connectivity index (χ0) is 22.5. The van der Waals surface area contributed by atoms with Crippen molar-refractivity contribution in [2.75, 3.05) is 20.2 Å². The molecule has 2 amide bonds. The smallest absolute Gasteiger partial charge is 0.248 e. The summed E-state index contributed by atoms with van der Waals surface area (Å²) < 4.78 is 5.40. The number of fused-ring (bicyclic) bond motifs is 1. The third kappa shape index (κ3) is 5.06. The van der Waals surface area contributed by atoms with Crippen molar-refractivity contribution in [3.63, 3.8) is 0 Å². The molecule has 1 saturated heterocycles. The average Bonchev–Trinajstić information content (AvgIpc) is 3.35. The van der Waals surface area contributed by atoms with Crippen LogP contribution >= 0.6 is 0 Å². The number of likely N-dealkylation sites (N-methyl/N-ethyl adjacent to an activating group) is 1. The Morgan fingerprint density at radius 2 is 2.19 bits per heavy atom. The Morgan fingerprint density at radius 3 is 2.90 bits per heavy atom. The number of hydrogen-bond donors (Lipinski definition) is 4. The van der Waals surface area contributed by atoms with E-state index in [9.17, 15) is 14.7 Å². The molecule has 0 saturated carbocycles. The van der Waals surface area contributed by atoms with Gasteiger partial charge in [-0.05, 0) is 50.9 Å². The largest absolute Gasteiger partial charge is 0.391 e. The van der Waals surface area contributed by atoms with Crippen molar-refractivity contribution in [2.24, 2.45) is 0 Å². The van der Waals surface area contributed by atoms with Gasteiger partial charge in [-0.3, -0.25) is 9.59 Å². The molecule has 0 radical (unpaired) electrons. The van der Waals surface area contributed by atoms with Crippen LogP contribution in [0.15, 0.2) is 24.5 Å². The maximum atomic E-state index is 13.5. The maximum absolute atomic E-state index is 13.5. The van der Waals surface area contributed by atoms with E-state index in [1.54, 1.807) is 24.9 Å². The minimum Gasteiger partial charge on any atom is -0.391 e. The highest BCUT2D eigenvalue weighted by Gasteiger charge is 2.41. The number of aliphatic hydroxyl groups excluding tert-OH is 1. The molecule has 0 aliphatic carbocycles. The molecule has 0 bridgehead atoms. The summed E-state index contributed by atoms with van der Waals surface area (Å²) in [4.78, 5) is 35.2. The van der Waals surface area contributed by atoms with Gasteiger partial charge in [-0.1, -0.05) is 6.92 Å². The first-order chi connectivity index (χ1) is 14.9. The van der Waals surface area contributed by atoms with Crippen LogP contribution in [0.3, 0.4) is 0 Å². The number of aromatic nitrogens is 2. The molecule has 2 aromatic rings. The number of aliphatic hydroxyl groups is 1. The number of rotatable bonds is 9. The van der Waals surface area contributed by atoms with Gasteiger partial charge in [-0.15, -0.1) is 0 Å². The summed E-state index contributed by atoms with van der Waals surface area (Å²) >= 11 is 0. The van der Waals surface area contributed by atoms with Crippen LogP contribution in [0.2, 0.25) is 0 Å². The Kier molecular flexibility index (Phi) is 7.64. The van der Waals surface area contributed by atoms with E-state index in [1.807, 2.05) is 25.3 Å². The number of likely N-dealkylation sites (tertiary alicyclic amines) is 1. The molecule has 9 heteroatoms. The Balaban J connectivity index is 1.79. The fourth-order valence-electron chi connectivity index (χ4n) is 4.14. The van der Waals surface area contributed by atoms with Gasteiger partial charge in [-0.25, -0.2) is 4.98 Å². The summed E-state index contributed by atoms with van der Waals surface area (Å²) in [5.74, 6) is -0.506. The van der Waals surface area contributed by atoms with Crippen LogP contribution in [-0.2, 0) is 20.7 Å². The molecular formula is C22H33N5O4. The maximum Gasteiger partial charge on any atom is 0.248 e. The van der Waals surface area contributed by atoms with Crippen molar-refractivity contribution >= 4 is 22.8 Å². The lowest BCUT2D eigenvalue weighted by Gasteiger charge is -2.33. The molecule has 2 aromatic heterocycles. The summed E-state index contributed by atoms with van der Waals surface area (Å²) in [7, 11) is 1.51. The molecule has 2 unspecified atom stereocenters. The monoisotopic (exact) mass is 431 g/mol. The second kappa shape index (κ2) is 10.2. The van der Waals surface area contributed by atoms with Crippen molar-refractivity contribution in [1.29, 1.82) is 0 Å². The number of carbonyl (C=O) groups excluding carboxylic acids is 2. The van der Waals surface area contributed by atoms with Gasteiger partial charge in [0.2, 0.25) is 11.8 Å². The molecule has 9 nitrogen and oxygen atoms in total. The summed E-state index contributed by atoms with van der Waals surface area (Å²) in [6, 6.07) is 2.19. The van der Waals surface area contributed by atoms with Crippen LogP contribution in [-0.4, -0.2) is 82.3 Å². The van der Waals surface area contributed by atoms with E-state index in [1.165, 1.54) is 7.11 Å². The summed E-state index contributed by atoms with van der Waals surface area (Å²) in [5, 5.41) is 17.5. The molecule has 31 heavy (non-hydrogen) atoms. The van der Waals surface area contributed by atoms with E-state index in [0.29, 0.717) is 25.9 Å². The van der Waals surface area contributed by atoms with Gasteiger partial charge in [0, 0.05) is 31.4 Å². The molecule has 170 valence electrons. The van der Waals surface area contributed by atoms with E-state index >= 15 is 0 Å². The number of pyridine rings is 1. The molecule has 0 spiro atoms. The highest BCUT2D eigenvalue weighted by molar-refractivity contribution is 5.90. The second-order valence-electron chi connectivity index (χ2n) is 8.08. The van der Waals surface area contributed by atoms with Crippen molar-refractivity contribution in [3.8, 4) is 0 Å². The van der Waals surface area contributed by atoms with Crippen LogP contribution in [0.5, 0.6) is 0 Å². The van der Waals surface area contributed by atoms with Gasteiger partial charge in [0.15, 0.2) is 0 Å². The lowest BCUT2D eigenvalue weighted by Crippen LogP contribution is -2.58. The van der Waals surface area contributed by atoms with Gasteiger partial charge >= 0.3 is 0 Å². The van der Waals surface area contributed by atoms with Gasteiger partial charge in [0.05, 0.1) is 24.3 Å². The van der Waals surface area contributed by atoms with Crippen molar-refractivity contribution in [2.45, 2.75) is 63.9 Å². The predicted octanol–water partition coefficient (Wildman–Crippen LogP) is 0.585. The molecule has 1 aliphatic rings. The minimum atomic E-state index is -0.837. The van der Waals surface area contributed by atoms with Crippen LogP contribution in [0.1, 0.15) is 32.8 Å². The van der Waals surface area contributed by atoms with E-state index in [2.05, 4.69) is 20.6 Å². The highest BCUT2D eigenvalue weighted by atomic mass is 16.5. The van der Waals surface area contributed by atoms with E-state index < -0.39 is 24.3 Å². The summed E-state index contributed by atoms with van der Waals surface area (Å²) in [5.41, 5.74) is 1.77. The van der Waals surface area contributed by atoms with E-state index in [-0.39, 0.29) is 17.9 Å². The number of nitrogens with zero attached hydrogens (tertiary/aromatic N) is 2. The highest BCUT2D eigenvalue weighted by Crippen LogP contribution is 2.26. The predicted molar refractivity (Wildman–Crippen MR) is 117 cm³/mol. The molecule has 1 aliphatic heterocycles. The zero-order valence-electron chi connectivity index (χ0n) is 18.6. The average molecular weight is 432 g/mol. The third-order valence-electron chi connectivity index (χ3n) is 6.07. The minimum absolute atomic E-state index is 0.245. The number of H-pyrrole nitrogens is 1. The van der Waals surface area contributed by atoms with Gasteiger partial charge < -0.3 is 30.4 Å². The van der Waals surface area contributed by atoms with Crippen molar-refractivity contribution in [1.82, 2.24) is 25.5 Å². The van der Waals surface area contributed by atoms with Gasteiger partial charge in [0.25, 0.3) is 0 Å². The van der Waals surface area contributed by atoms with Gasteiger partial charge in [0.1, 0.15) is 11.7 Å². The number of nitrogens with one attached hydrogen (secondary N) is 3. The Bertz CT molecular complexity index is 901. The Labute approximate surface area is 182 Å². The SMILES string of the molecule is CCN[C@@H](C)C(=O)N[C@H](C(=O)N1CCC(O)[C@@H]1Cc1c[nH]c2ncccc12)C(C)OC. The molecule has 3 heterocycles. The first-order valence-corrected chi connectivity index (χ1v) is 10.8. The molecule has 5 atom stereocenters. The van der Waals surface area contributed by atoms with Crippen LogP contribution in [0.25, 0.3) is 11.0 Å². The lowest BCUT2D eigenvalue weighted by molar-refractivity contribution is -0.141. The Morgan fingerprint density at radius 1 is 1.42 bits per heavy atom. The fourth-order valence-corrected chi connectivity index (χ4v) is 4.14. The third-order valence-corrected chi connectivity index (χ3v) is 6.07. The number of methoxy groups -OCH3 is 1. The van der Waals surface area contributed by atoms with Crippen LogP contribution < -0.4 is 10.6 Å². The second-order valence-corrected chi connectivity index (χ2v) is 8.08. The topological polar surface area (TPSA) is 120 Å². The molecule has 3 rings (SSSR count). The standard InChI is InChI=1S/C22H33N5O4/c1-5-23-13(2)21(29)26-19(14(3)31-4)22(30)27-10-8-18(28)17(27)11-15-12-25-20-16(15)7-6-9-24-20/h6-7,9,12-14,17-19,23,28H,5,8,10-11H2,1-4H3,(H,24,25)(H,26,29)/t13-,14?,17-,18?,19-/m0/s1. The fraction of sp³-hybridized carbons (Fsp3) is 0.591. The normalized spacial score (nSPS) is 21.8. The van der Waals surface area contributed by atoms with Crippen molar-refractivity contribution in [3.05, 3.63) is 30.1 Å². The number of aromatic amines is 1. The van der Waals surface area contributed by atoms with Crippen LogP contribution in [0, 0.1) is 0 Å².